The van der Waals surface area contributed by atoms with Crippen molar-refractivity contribution >= 4 is 15.7 Å². The highest BCUT2D eigenvalue weighted by Gasteiger charge is 2.20. The summed E-state index contributed by atoms with van der Waals surface area (Å²) in [5.41, 5.74) is 2.74. The molecule has 0 bridgehead atoms. The molecule has 0 saturated heterocycles. The van der Waals surface area contributed by atoms with Crippen molar-refractivity contribution in [2.75, 3.05) is 10.5 Å². The smallest absolute Gasteiger partial charge is 0.232 e. The molecule has 0 aliphatic rings. The molecule has 1 N–H and O–H groups in total. The Kier molecular flexibility index (Phi) is 5.47. The predicted molar refractivity (Wildman–Crippen MR) is 97.3 cm³/mol. The minimum Gasteiger partial charge on any atom is -0.283 e. The summed E-state index contributed by atoms with van der Waals surface area (Å²) >= 11 is 0. The summed E-state index contributed by atoms with van der Waals surface area (Å²) in [4.78, 5) is 0. The van der Waals surface area contributed by atoms with Crippen LogP contribution in [0.5, 0.6) is 0 Å². The topological polar surface area (TPSA) is 46.2 Å². The third-order valence-corrected chi connectivity index (χ3v) is 5.08. The van der Waals surface area contributed by atoms with Crippen LogP contribution < -0.4 is 4.72 Å². The molecule has 23 heavy (non-hydrogen) atoms. The van der Waals surface area contributed by atoms with Crippen molar-refractivity contribution in [2.24, 2.45) is 0 Å². The first-order chi connectivity index (χ1) is 10.8. The van der Waals surface area contributed by atoms with Crippen molar-refractivity contribution in [2.45, 2.75) is 39.0 Å². The van der Waals surface area contributed by atoms with Crippen molar-refractivity contribution in [1.29, 1.82) is 0 Å². The van der Waals surface area contributed by atoms with Gasteiger partial charge in [-0.05, 0) is 35.4 Å². The van der Waals surface area contributed by atoms with E-state index < -0.39 is 10.0 Å². The monoisotopic (exact) mass is 331 g/mol. The van der Waals surface area contributed by atoms with E-state index in [1.807, 2.05) is 54.6 Å². The minimum atomic E-state index is -3.34. The fraction of sp³-hybridized carbons (Fsp3) is 0.368. The summed E-state index contributed by atoms with van der Waals surface area (Å²) in [6.45, 7) is 6.24. The van der Waals surface area contributed by atoms with Gasteiger partial charge in [0.15, 0.2) is 0 Å². The maximum Gasteiger partial charge on any atom is 0.232 e. The second kappa shape index (κ2) is 7.18. The Hall–Kier alpha value is -1.81. The molecule has 0 heterocycles. The van der Waals surface area contributed by atoms with Crippen molar-refractivity contribution in [3.8, 4) is 0 Å². The molecule has 3 nitrogen and oxygen atoms in total. The summed E-state index contributed by atoms with van der Waals surface area (Å²) in [5.74, 6) is 0.125. The van der Waals surface area contributed by atoms with Crippen LogP contribution in [-0.2, 0) is 21.9 Å². The minimum absolute atomic E-state index is 0.108. The first-order valence-electron chi connectivity index (χ1n) is 7.92. The molecule has 2 aromatic carbocycles. The molecule has 0 saturated carbocycles. The second-order valence-electron chi connectivity index (χ2n) is 6.81. The van der Waals surface area contributed by atoms with Gasteiger partial charge >= 0.3 is 0 Å². The summed E-state index contributed by atoms with van der Waals surface area (Å²) in [5, 5.41) is 0. The van der Waals surface area contributed by atoms with Crippen molar-refractivity contribution < 1.29 is 8.42 Å². The second-order valence-corrected chi connectivity index (χ2v) is 8.65. The molecule has 0 aromatic heterocycles. The molecule has 4 heteroatoms. The maximum absolute atomic E-state index is 12.4. The third-order valence-electron chi connectivity index (χ3n) is 3.72. The highest BCUT2D eigenvalue weighted by atomic mass is 32.2. The fourth-order valence-corrected chi connectivity index (χ4v) is 3.70. The number of benzene rings is 2. The maximum atomic E-state index is 12.4. The van der Waals surface area contributed by atoms with Gasteiger partial charge in [-0.2, -0.15) is 0 Å². The normalized spacial score (nSPS) is 12.1. The zero-order valence-electron chi connectivity index (χ0n) is 14.0. The van der Waals surface area contributed by atoms with E-state index in [0.717, 1.165) is 17.5 Å². The van der Waals surface area contributed by atoms with Crippen LogP contribution in [0.3, 0.4) is 0 Å². The van der Waals surface area contributed by atoms with Gasteiger partial charge in [0, 0.05) is 0 Å². The average molecular weight is 331 g/mol. The largest absolute Gasteiger partial charge is 0.283 e. The van der Waals surface area contributed by atoms with E-state index in [4.69, 9.17) is 0 Å². The number of hydrogen-bond acceptors (Lipinski definition) is 2. The summed E-state index contributed by atoms with van der Waals surface area (Å²) < 4.78 is 27.5. The summed E-state index contributed by atoms with van der Waals surface area (Å²) in [6.07, 6.45) is 1.37. The van der Waals surface area contributed by atoms with Crippen LogP contribution in [0.2, 0.25) is 0 Å². The SMILES string of the molecule is CC(C)(C)c1ccccc1NS(=O)(=O)CCCc1ccccc1. The Labute approximate surface area is 139 Å². The molecule has 0 radical (unpaired) electrons. The third kappa shape index (κ3) is 5.39. The number of sulfonamides is 1. The lowest BCUT2D eigenvalue weighted by Crippen LogP contribution is -2.21. The quantitative estimate of drug-likeness (QED) is 0.855. The molecule has 0 amide bonds. The van der Waals surface area contributed by atoms with Gasteiger partial charge in [-0.15, -0.1) is 0 Å². The Morgan fingerprint density at radius 1 is 0.913 bits per heavy atom. The van der Waals surface area contributed by atoms with E-state index in [1.54, 1.807) is 0 Å². The van der Waals surface area contributed by atoms with Gasteiger partial charge in [0.2, 0.25) is 10.0 Å². The van der Waals surface area contributed by atoms with Crippen LogP contribution >= 0.6 is 0 Å². The number of aryl methyl sites for hydroxylation is 1. The Morgan fingerprint density at radius 3 is 2.17 bits per heavy atom. The first-order valence-corrected chi connectivity index (χ1v) is 9.57. The molecule has 2 aromatic rings. The van der Waals surface area contributed by atoms with Crippen molar-refractivity contribution in [3.63, 3.8) is 0 Å². The van der Waals surface area contributed by atoms with Gasteiger partial charge in [-0.3, -0.25) is 4.72 Å². The van der Waals surface area contributed by atoms with Gasteiger partial charge in [-0.25, -0.2) is 8.42 Å². The number of hydrogen-bond donors (Lipinski definition) is 1. The van der Waals surface area contributed by atoms with Crippen LogP contribution in [-0.4, -0.2) is 14.2 Å². The van der Waals surface area contributed by atoms with Gasteiger partial charge in [-0.1, -0.05) is 69.3 Å². The van der Waals surface area contributed by atoms with Gasteiger partial charge in [0.05, 0.1) is 11.4 Å². The molecule has 124 valence electrons. The zero-order chi connectivity index (χ0) is 16.9. The molecule has 2 rings (SSSR count). The molecule has 0 aliphatic carbocycles. The molecule has 0 unspecified atom stereocenters. The molecule has 0 aliphatic heterocycles. The predicted octanol–water partition coefficient (Wildman–Crippen LogP) is 4.36. The van der Waals surface area contributed by atoms with E-state index >= 15 is 0 Å². The van der Waals surface area contributed by atoms with Gasteiger partial charge < -0.3 is 0 Å². The van der Waals surface area contributed by atoms with E-state index in [-0.39, 0.29) is 11.2 Å². The highest BCUT2D eigenvalue weighted by molar-refractivity contribution is 7.92. The van der Waals surface area contributed by atoms with Gasteiger partial charge in [0.1, 0.15) is 0 Å². The number of anilines is 1. The van der Waals surface area contributed by atoms with Crippen LogP contribution in [0.1, 0.15) is 38.3 Å². The summed E-state index contributed by atoms with van der Waals surface area (Å²) in [6, 6.07) is 17.6. The lowest BCUT2D eigenvalue weighted by Gasteiger charge is -2.23. The summed E-state index contributed by atoms with van der Waals surface area (Å²) in [7, 11) is -3.34. The van der Waals surface area contributed by atoms with Crippen LogP contribution in [0, 0.1) is 0 Å². The van der Waals surface area contributed by atoms with Crippen LogP contribution in [0.25, 0.3) is 0 Å². The van der Waals surface area contributed by atoms with E-state index in [9.17, 15) is 8.42 Å². The highest BCUT2D eigenvalue weighted by Crippen LogP contribution is 2.29. The van der Waals surface area contributed by atoms with E-state index in [0.29, 0.717) is 12.1 Å². The number of nitrogens with one attached hydrogen (secondary N) is 1. The van der Waals surface area contributed by atoms with Crippen LogP contribution in [0.4, 0.5) is 5.69 Å². The lowest BCUT2D eigenvalue weighted by molar-refractivity contribution is 0.589. The standard InChI is InChI=1S/C19H25NO2S/c1-19(2,3)17-13-7-8-14-18(17)20-23(21,22)15-9-12-16-10-5-4-6-11-16/h4-8,10-11,13-14,20H,9,12,15H2,1-3H3. The van der Waals surface area contributed by atoms with Crippen molar-refractivity contribution in [3.05, 3.63) is 65.7 Å². The number of rotatable bonds is 6. The lowest BCUT2D eigenvalue weighted by atomic mass is 9.86. The van der Waals surface area contributed by atoms with Crippen LogP contribution in [0.15, 0.2) is 54.6 Å². The molecular formula is C19H25NO2S. The molecule has 0 atom stereocenters. The van der Waals surface area contributed by atoms with Crippen molar-refractivity contribution in [1.82, 2.24) is 0 Å². The van der Waals surface area contributed by atoms with E-state index in [2.05, 4.69) is 25.5 Å². The first kappa shape index (κ1) is 17.5. The Bertz CT molecular complexity index is 731. The molecular weight excluding hydrogens is 306 g/mol. The van der Waals surface area contributed by atoms with E-state index in [1.165, 1.54) is 0 Å². The molecule has 0 spiro atoms. The Balaban J connectivity index is 2.02. The number of para-hydroxylation sites is 1. The fourth-order valence-electron chi connectivity index (χ4n) is 2.56. The Morgan fingerprint density at radius 2 is 1.52 bits per heavy atom. The molecule has 0 fully saturated rings. The average Bonchev–Trinajstić information content (AvgIpc) is 2.47. The zero-order valence-corrected chi connectivity index (χ0v) is 14.9. The van der Waals surface area contributed by atoms with Gasteiger partial charge in [0.25, 0.3) is 0 Å².